The van der Waals surface area contributed by atoms with Crippen LogP contribution < -0.4 is 5.01 Å². The second-order valence-electron chi connectivity index (χ2n) is 7.52. The third-order valence-electron chi connectivity index (χ3n) is 5.33. The van der Waals surface area contributed by atoms with Crippen molar-refractivity contribution in [3.63, 3.8) is 0 Å². The highest BCUT2D eigenvalue weighted by molar-refractivity contribution is 6.41. The van der Waals surface area contributed by atoms with Crippen molar-refractivity contribution in [2.45, 2.75) is 26.8 Å². The van der Waals surface area contributed by atoms with Gasteiger partial charge in [0.25, 0.3) is 0 Å². The zero-order valence-electron chi connectivity index (χ0n) is 18.7. The summed E-state index contributed by atoms with van der Waals surface area (Å²) in [6, 6.07) is 14.0. The van der Waals surface area contributed by atoms with Gasteiger partial charge in [-0.25, -0.2) is 14.6 Å². The predicted octanol–water partition coefficient (Wildman–Crippen LogP) is 4.20. The number of aryl methyl sites for hydroxylation is 1. The number of nitrogens with zero attached hydrogens (tertiary/aromatic N) is 4. The number of aliphatic imine (C=N–C) groups is 1. The molecule has 0 aromatic heterocycles. The number of hydrogen-bond donors (Lipinski definition) is 0. The Hall–Kier alpha value is -3.65. The molecule has 2 aromatic rings. The van der Waals surface area contributed by atoms with Gasteiger partial charge in [-0.1, -0.05) is 47.5 Å². The maximum absolute atomic E-state index is 13.0. The number of esters is 2. The number of anilines is 1. The topological polar surface area (TPSA) is 83.8 Å². The lowest BCUT2D eigenvalue weighted by Gasteiger charge is -2.35. The van der Waals surface area contributed by atoms with E-state index in [1.54, 1.807) is 43.0 Å². The molecule has 2 aliphatic rings. The summed E-state index contributed by atoms with van der Waals surface area (Å²) in [5, 5.41) is 6.57. The number of benzene rings is 2. The Balaban J connectivity index is 1.94. The molecular formula is C24H23ClN4O4. The van der Waals surface area contributed by atoms with Crippen molar-refractivity contribution in [1.82, 2.24) is 4.90 Å². The maximum atomic E-state index is 13.0. The first-order valence-electron chi connectivity index (χ1n) is 10.4. The van der Waals surface area contributed by atoms with E-state index in [2.05, 4.69) is 10.1 Å². The Bertz CT molecular complexity index is 1200. The summed E-state index contributed by atoms with van der Waals surface area (Å²) in [5.74, 6) is -0.799. The SMILES string of the molecule is CCOC(=O)C1=NN(c2cccc(Cl)c2)C2=NC(C)=C(C(=O)OC)C(c3ccc(C)cc3)N12. The van der Waals surface area contributed by atoms with Crippen LogP contribution in [0.15, 0.2) is 69.9 Å². The van der Waals surface area contributed by atoms with Crippen LogP contribution in [0.5, 0.6) is 0 Å². The van der Waals surface area contributed by atoms with Gasteiger partial charge in [0.05, 0.1) is 36.7 Å². The molecule has 0 bridgehead atoms. The van der Waals surface area contributed by atoms with E-state index in [-0.39, 0.29) is 12.4 Å². The van der Waals surface area contributed by atoms with E-state index in [4.69, 9.17) is 21.1 Å². The molecule has 0 N–H and O–H groups in total. The monoisotopic (exact) mass is 466 g/mol. The third kappa shape index (κ3) is 4.09. The van der Waals surface area contributed by atoms with Crippen molar-refractivity contribution in [2.75, 3.05) is 18.7 Å². The van der Waals surface area contributed by atoms with Gasteiger partial charge in [0.1, 0.15) is 0 Å². The van der Waals surface area contributed by atoms with Gasteiger partial charge < -0.3 is 9.47 Å². The molecule has 2 heterocycles. The van der Waals surface area contributed by atoms with E-state index in [0.717, 1.165) is 11.1 Å². The number of ether oxygens (including phenoxy) is 2. The molecule has 0 radical (unpaired) electrons. The van der Waals surface area contributed by atoms with Gasteiger partial charge >= 0.3 is 11.9 Å². The second-order valence-corrected chi connectivity index (χ2v) is 7.96. The smallest absolute Gasteiger partial charge is 0.376 e. The molecule has 2 aliphatic heterocycles. The Labute approximate surface area is 196 Å². The number of rotatable bonds is 5. The van der Waals surface area contributed by atoms with E-state index in [0.29, 0.717) is 27.9 Å². The fraction of sp³-hybridized carbons (Fsp3) is 0.250. The summed E-state index contributed by atoms with van der Waals surface area (Å²) in [6.45, 7) is 5.59. The number of halogens is 1. The van der Waals surface area contributed by atoms with Crippen LogP contribution in [-0.4, -0.2) is 42.4 Å². The van der Waals surface area contributed by atoms with Crippen molar-refractivity contribution in [1.29, 1.82) is 0 Å². The minimum absolute atomic E-state index is 0.00931. The number of carbonyl (C=O) groups is 2. The Kier molecular flexibility index (Phi) is 6.20. The van der Waals surface area contributed by atoms with Crippen LogP contribution >= 0.6 is 11.6 Å². The van der Waals surface area contributed by atoms with Crippen LogP contribution in [0.25, 0.3) is 0 Å². The number of hydrogen-bond acceptors (Lipinski definition) is 8. The summed E-state index contributed by atoms with van der Waals surface area (Å²) < 4.78 is 10.4. The zero-order valence-corrected chi connectivity index (χ0v) is 19.5. The molecule has 170 valence electrons. The van der Waals surface area contributed by atoms with Crippen molar-refractivity contribution >= 4 is 41.0 Å². The molecule has 9 heteroatoms. The van der Waals surface area contributed by atoms with Crippen molar-refractivity contribution < 1.29 is 19.1 Å². The summed E-state index contributed by atoms with van der Waals surface area (Å²) >= 11 is 6.21. The third-order valence-corrected chi connectivity index (χ3v) is 5.56. The van der Waals surface area contributed by atoms with Crippen LogP contribution in [-0.2, 0) is 19.1 Å². The molecule has 1 atom stereocenters. The van der Waals surface area contributed by atoms with Crippen LogP contribution in [0.1, 0.15) is 31.0 Å². The van der Waals surface area contributed by atoms with Crippen LogP contribution in [0.2, 0.25) is 5.02 Å². The average molecular weight is 467 g/mol. The molecule has 0 spiro atoms. The van der Waals surface area contributed by atoms with Crippen LogP contribution in [0.3, 0.4) is 0 Å². The number of methoxy groups -OCH3 is 1. The highest BCUT2D eigenvalue weighted by Gasteiger charge is 2.47. The van der Waals surface area contributed by atoms with E-state index in [1.165, 1.54) is 12.1 Å². The van der Waals surface area contributed by atoms with Crippen molar-refractivity contribution in [3.8, 4) is 0 Å². The number of allylic oxidation sites excluding steroid dienone is 1. The van der Waals surface area contributed by atoms with Gasteiger partial charge in [0, 0.05) is 5.02 Å². The summed E-state index contributed by atoms with van der Waals surface area (Å²) in [7, 11) is 1.32. The number of carbonyl (C=O) groups excluding carboxylic acids is 2. The molecular weight excluding hydrogens is 444 g/mol. The lowest BCUT2D eigenvalue weighted by molar-refractivity contribution is -0.138. The highest BCUT2D eigenvalue weighted by Crippen LogP contribution is 2.40. The van der Waals surface area contributed by atoms with Gasteiger partial charge in [-0.2, -0.15) is 5.01 Å². The molecule has 33 heavy (non-hydrogen) atoms. The van der Waals surface area contributed by atoms with Crippen molar-refractivity contribution in [2.24, 2.45) is 10.1 Å². The lowest BCUT2D eigenvalue weighted by Crippen LogP contribution is -2.47. The molecule has 0 aliphatic carbocycles. The second kappa shape index (κ2) is 9.07. The first-order chi connectivity index (χ1) is 15.8. The van der Waals surface area contributed by atoms with Gasteiger partial charge in [-0.3, -0.25) is 4.90 Å². The van der Waals surface area contributed by atoms with E-state index in [9.17, 15) is 9.59 Å². The molecule has 4 rings (SSSR count). The largest absolute Gasteiger partial charge is 0.466 e. The summed E-state index contributed by atoms with van der Waals surface area (Å²) in [6.07, 6.45) is 0. The first kappa shape index (κ1) is 22.5. The molecule has 0 saturated carbocycles. The van der Waals surface area contributed by atoms with E-state index in [1.807, 2.05) is 31.2 Å². The summed E-state index contributed by atoms with van der Waals surface area (Å²) in [5.41, 5.74) is 3.23. The highest BCUT2D eigenvalue weighted by atomic mass is 35.5. The standard InChI is InChI=1S/C24H23ClN4O4/c1-5-33-23(31)21-27-29(18-8-6-7-17(25)13-18)24-26-15(3)19(22(30)32-4)20(28(21)24)16-11-9-14(2)10-12-16/h6-13,20H,5H2,1-4H3. The molecule has 2 aromatic carbocycles. The number of amidine groups is 1. The zero-order chi connectivity index (χ0) is 23.7. The molecule has 0 saturated heterocycles. The van der Waals surface area contributed by atoms with Gasteiger partial charge in [-0.05, 0) is 44.5 Å². The lowest BCUT2D eigenvalue weighted by atomic mass is 9.93. The normalized spacial score (nSPS) is 17.4. The Morgan fingerprint density at radius 2 is 1.82 bits per heavy atom. The minimum atomic E-state index is -0.696. The van der Waals surface area contributed by atoms with Gasteiger partial charge in [-0.15, -0.1) is 5.10 Å². The maximum Gasteiger partial charge on any atom is 0.376 e. The Morgan fingerprint density at radius 3 is 2.45 bits per heavy atom. The number of guanidine groups is 1. The molecule has 0 fully saturated rings. The molecule has 0 amide bonds. The fourth-order valence-corrected chi connectivity index (χ4v) is 3.99. The molecule has 1 unspecified atom stereocenters. The predicted molar refractivity (Wildman–Crippen MR) is 126 cm³/mol. The number of hydrazone groups is 1. The Morgan fingerprint density at radius 1 is 1.09 bits per heavy atom. The molecule has 8 nitrogen and oxygen atoms in total. The van der Waals surface area contributed by atoms with E-state index < -0.39 is 18.0 Å². The van der Waals surface area contributed by atoms with Crippen LogP contribution in [0, 0.1) is 6.92 Å². The minimum Gasteiger partial charge on any atom is -0.466 e. The van der Waals surface area contributed by atoms with E-state index >= 15 is 0 Å². The van der Waals surface area contributed by atoms with Gasteiger partial charge in [0.15, 0.2) is 0 Å². The van der Waals surface area contributed by atoms with Gasteiger partial charge in [0.2, 0.25) is 11.8 Å². The fourth-order valence-electron chi connectivity index (χ4n) is 3.81. The quantitative estimate of drug-likeness (QED) is 0.614. The summed E-state index contributed by atoms with van der Waals surface area (Å²) in [4.78, 5) is 32.1. The average Bonchev–Trinajstić information content (AvgIpc) is 3.17. The number of fused-ring (bicyclic) bond motifs is 1. The van der Waals surface area contributed by atoms with Crippen molar-refractivity contribution in [3.05, 3.63) is 76.0 Å². The van der Waals surface area contributed by atoms with Crippen LogP contribution in [0.4, 0.5) is 5.69 Å². The first-order valence-corrected chi connectivity index (χ1v) is 10.8.